The smallest absolute Gasteiger partial charge is 0.233 e. The summed E-state index contributed by atoms with van der Waals surface area (Å²) in [4.78, 5) is 2.25. The van der Waals surface area contributed by atoms with Gasteiger partial charge in [0.15, 0.2) is 11.6 Å². The second kappa shape index (κ2) is 7.25. The molecule has 5 nitrogen and oxygen atoms in total. The second-order valence-corrected chi connectivity index (χ2v) is 6.40. The number of aromatic nitrogens is 2. The minimum atomic E-state index is -0.347. The molecule has 1 aromatic heterocycles. The molecule has 0 bridgehead atoms. The predicted molar refractivity (Wildman–Crippen MR) is 94.2 cm³/mol. The number of aryl methyl sites for hydroxylation is 1. The summed E-state index contributed by atoms with van der Waals surface area (Å²) < 4.78 is 25.0. The number of hydrogen-bond acceptors (Lipinski definition) is 5. The summed E-state index contributed by atoms with van der Waals surface area (Å²) in [7, 11) is 0. The molecule has 1 atom stereocenters. The van der Waals surface area contributed by atoms with E-state index in [9.17, 15) is 4.39 Å². The van der Waals surface area contributed by atoms with Gasteiger partial charge in [0, 0.05) is 20.0 Å². The lowest BCUT2D eigenvalue weighted by molar-refractivity contribution is 0.119. The summed E-state index contributed by atoms with van der Waals surface area (Å²) in [6.45, 7) is 3.57. The molecule has 1 aliphatic heterocycles. The van der Waals surface area contributed by atoms with Gasteiger partial charge in [-0.2, -0.15) is 0 Å². The van der Waals surface area contributed by atoms with Gasteiger partial charge in [-0.1, -0.05) is 36.4 Å². The highest BCUT2D eigenvalue weighted by atomic mass is 19.1. The van der Waals surface area contributed by atoms with Crippen LogP contribution in [0.2, 0.25) is 0 Å². The lowest BCUT2D eigenvalue weighted by Crippen LogP contribution is -2.37. The van der Waals surface area contributed by atoms with Gasteiger partial charge < -0.3 is 9.15 Å². The minimum absolute atomic E-state index is 0.00433. The first-order valence-electron chi connectivity index (χ1n) is 8.69. The Kier molecular flexibility index (Phi) is 4.67. The third-order valence-electron chi connectivity index (χ3n) is 4.65. The van der Waals surface area contributed by atoms with Crippen LogP contribution >= 0.6 is 0 Å². The zero-order valence-corrected chi connectivity index (χ0v) is 14.6. The summed E-state index contributed by atoms with van der Waals surface area (Å²) in [5, 5.41) is 8.18. The van der Waals surface area contributed by atoms with Crippen molar-refractivity contribution in [1.29, 1.82) is 0 Å². The fraction of sp³-hybridized carbons (Fsp3) is 0.300. The highest BCUT2D eigenvalue weighted by Crippen LogP contribution is 2.32. The van der Waals surface area contributed by atoms with Crippen LogP contribution in [0.25, 0.3) is 0 Å². The monoisotopic (exact) mass is 353 g/mol. The van der Waals surface area contributed by atoms with Crippen LogP contribution in [0, 0.1) is 12.7 Å². The SMILES string of the molecule is Cc1nnc([C@@H]2Cc3ccccc3CN2CCOc2ccccc2F)o1. The van der Waals surface area contributed by atoms with Crippen LogP contribution in [0.3, 0.4) is 0 Å². The minimum Gasteiger partial charge on any atom is -0.489 e. The zero-order chi connectivity index (χ0) is 17.9. The zero-order valence-electron chi connectivity index (χ0n) is 14.6. The normalized spacial score (nSPS) is 17.1. The maximum Gasteiger partial charge on any atom is 0.233 e. The molecule has 0 unspecified atom stereocenters. The van der Waals surface area contributed by atoms with Gasteiger partial charge in [0.05, 0.1) is 6.04 Å². The summed E-state index contributed by atoms with van der Waals surface area (Å²) in [5.41, 5.74) is 2.57. The molecule has 0 N–H and O–H groups in total. The quantitative estimate of drug-likeness (QED) is 0.700. The molecule has 134 valence electrons. The van der Waals surface area contributed by atoms with Gasteiger partial charge in [0.25, 0.3) is 0 Å². The van der Waals surface area contributed by atoms with Crippen molar-refractivity contribution in [3.8, 4) is 5.75 Å². The van der Waals surface area contributed by atoms with Gasteiger partial charge >= 0.3 is 0 Å². The van der Waals surface area contributed by atoms with Crippen LogP contribution in [0.5, 0.6) is 5.75 Å². The second-order valence-electron chi connectivity index (χ2n) is 6.40. The fourth-order valence-electron chi connectivity index (χ4n) is 3.34. The Balaban J connectivity index is 1.51. The van der Waals surface area contributed by atoms with Crippen molar-refractivity contribution in [1.82, 2.24) is 15.1 Å². The maximum absolute atomic E-state index is 13.7. The van der Waals surface area contributed by atoms with Crippen molar-refractivity contribution in [2.45, 2.75) is 25.9 Å². The van der Waals surface area contributed by atoms with E-state index in [1.165, 1.54) is 17.2 Å². The van der Waals surface area contributed by atoms with E-state index in [1.807, 2.05) is 12.1 Å². The molecule has 26 heavy (non-hydrogen) atoms. The average molecular weight is 353 g/mol. The molecule has 0 spiro atoms. The first-order valence-corrected chi connectivity index (χ1v) is 8.69. The number of benzene rings is 2. The van der Waals surface area contributed by atoms with Crippen LogP contribution in [0.4, 0.5) is 4.39 Å². The predicted octanol–water partition coefficient (Wildman–Crippen LogP) is 3.70. The van der Waals surface area contributed by atoms with E-state index in [0.29, 0.717) is 24.9 Å². The van der Waals surface area contributed by atoms with Crippen molar-refractivity contribution in [3.63, 3.8) is 0 Å². The summed E-state index contributed by atoms with van der Waals surface area (Å²) >= 11 is 0. The first-order chi connectivity index (χ1) is 12.7. The molecular formula is C20H20FN3O2. The van der Waals surface area contributed by atoms with Gasteiger partial charge in [-0.25, -0.2) is 4.39 Å². The first kappa shape index (κ1) is 16.7. The molecule has 0 fully saturated rings. The van der Waals surface area contributed by atoms with Crippen LogP contribution < -0.4 is 4.74 Å². The molecule has 0 radical (unpaired) electrons. The number of halogens is 1. The van der Waals surface area contributed by atoms with E-state index in [0.717, 1.165) is 13.0 Å². The van der Waals surface area contributed by atoms with Gasteiger partial charge in [-0.3, -0.25) is 4.90 Å². The molecule has 0 aliphatic carbocycles. The fourth-order valence-corrected chi connectivity index (χ4v) is 3.34. The number of fused-ring (bicyclic) bond motifs is 1. The molecule has 2 aromatic carbocycles. The molecular weight excluding hydrogens is 333 g/mol. The molecule has 1 aliphatic rings. The van der Waals surface area contributed by atoms with Crippen molar-refractivity contribution in [2.75, 3.05) is 13.2 Å². The Morgan fingerprint density at radius 1 is 1.12 bits per heavy atom. The third kappa shape index (κ3) is 3.46. The molecule has 0 amide bonds. The van der Waals surface area contributed by atoms with Crippen molar-refractivity contribution < 1.29 is 13.5 Å². The van der Waals surface area contributed by atoms with E-state index in [1.54, 1.807) is 25.1 Å². The van der Waals surface area contributed by atoms with Crippen LogP contribution in [-0.4, -0.2) is 28.2 Å². The van der Waals surface area contributed by atoms with Crippen molar-refractivity contribution in [3.05, 3.63) is 77.3 Å². The molecule has 6 heteroatoms. The van der Waals surface area contributed by atoms with Crippen LogP contribution in [0.15, 0.2) is 52.9 Å². The summed E-state index contributed by atoms with van der Waals surface area (Å²) in [5.74, 6) is 1.10. The summed E-state index contributed by atoms with van der Waals surface area (Å²) in [6, 6.07) is 14.8. The van der Waals surface area contributed by atoms with Crippen LogP contribution in [0.1, 0.15) is 29.0 Å². The Labute approximate surface area is 151 Å². The maximum atomic E-state index is 13.7. The molecule has 3 aromatic rings. The van der Waals surface area contributed by atoms with Gasteiger partial charge in [-0.15, -0.1) is 10.2 Å². The number of para-hydroxylation sites is 1. The highest BCUT2D eigenvalue weighted by molar-refractivity contribution is 5.31. The van der Waals surface area contributed by atoms with E-state index in [2.05, 4.69) is 27.2 Å². The van der Waals surface area contributed by atoms with E-state index >= 15 is 0 Å². The number of ether oxygens (including phenoxy) is 1. The number of rotatable bonds is 5. The van der Waals surface area contributed by atoms with Gasteiger partial charge in [-0.05, 0) is 29.7 Å². The molecule has 2 heterocycles. The van der Waals surface area contributed by atoms with E-state index in [-0.39, 0.29) is 17.6 Å². The lowest BCUT2D eigenvalue weighted by atomic mass is 9.94. The van der Waals surface area contributed by atoms with E-state index in [4.69, 9.17) is 9.15 Å². The van der Waals surface area contributed by atoms with Crippen LogP contribution in [-0.2, 0) is 13.0 Å². The third-order valence-corrected chi connectivity index (χ3v) is 4.65. The van der Waals surface area contributed by atoms with Crippen molar-refractivity contribution in [2.24, 2.45) is 0 Å². The lowest BCUT2D eigenvalue weighted by Gasteiger charge is -2.34. The van der Waals surface area contributed by atoms with E-state index < -0.39 is 0 Å². The van der Waals surface area contributed by atoms with Gasteiger partial charge in [0.1, 0.15) is 6.61 Å². The Hall–Kier alpha value is -2.73. The van der Waals surface area contributed by atoms with Gasteiger partial charge in [0.2, 0.25) is 11.8 Å². The van der Waals surface area contributed by atoms with Crippen molar-refractivity contribution >= 4 is 0 Å². The number of hydrogen-bond donors (Lipinski definition) is 0. The Morgan fingerprint density at radius 3 is 2.65 bits per heavy atom. The average Bonchev–Trinajstić information content (AvgIpc) is 3.09. The topological polar surface area (TPSA) is 51.4 Å². The highest BCUT2D eigenvalue weighted by Gasteiger charge is 2.30. The standard InChI is InChI=1S/C20H20FN3O2/c1-14-22-23-20(26-14)18-12-15-6-2-3-7-16(15)13-24(18)10-11-25-19-9-5-4-8-17(19)21/h2-9,18H,10-13H2,1H3/t18-/m0/s1. The Bertz CT molecular complexity index is 896. The number of nitrogens with zero attached hydrogens (tertiary/aromatic N) is 3. The molecule has 0 saturated heterocycles. The Morgan fingerprint density at radius 2 is 1.88 bits per heavy atom. The summed E-state index contributed by atoms with van der Waals surface area (Å²) in [6.07, 6.45) is 0.803. The largest absolute Gasteiger partial charge is 0.489 e. The molecule has 4 rings (SSSR count). The molecule has 0 saturated carbocycles.